The van der Waals surface area contributed by atoms with Crippen LogP contribution in [0.5, 0.6) is 0 Å². The number of allylic oxidation sites excluding steroid dienone is 4. The van der Waals surface area contributed by atoms with E-state index in [1.165, 1.54) is 24.8 Å². The molecule has 96 valence electrons. The van der Waals surface area contributed by atoms with Gasteiger partial charge in [-0.15, -0.1) is 0 Å². The van der Waals surface area contributed by atoms with Crippen LogP contribution in [-0.4, -0.2) is 11.7 Å². The summed E-state index contributed by atoms with van der Waals surface area (Å²) in [5.41, 5.74) is 3.67. The van der Waals surface area contributed by atoms with Gasteiger partial charge in [-0.05, 0) is 42.9 Å². The SMILES string of the molecule is CC1=CC=C2C(C)(C)CCC[C@]2(C)C1CCO. The lowest BCUT2D eigenvalue weighted by Crippen LogP contribution is -2.42. The highest BCUT2D eigenvalue weighted by Crippen LogP contribution is 2.58. The summed E-state index contributed by atoms with van der Waals surface area (Å²) in [6, 6.07) is 0. The van der Waals surface area contributed by atoms with E-state index in [0.717, 1.165) is 6.42 Å². The highest BCUT2D eigenvalue weighted by Gasteiger charge is 2.47. The van der Waals surface area contributed by atoms with Gasteiger partial charge in [-0.1, -0.05) is 50.5 Å². The zero-order chi connectivity index (χ0) is 12.7. The van der Waals surface area contributed by atoms with E-state index in [9.17, 15) is 5.11 Å². The molecule has 0 aliphatic heterocycles. The molecule has 2 rings (SSSR count). The van der Waals surface area contributed by atoms with Gasteiger partial charge in [0.2, 0.25) is 0 Å². The Labute approximate surface area is 106 Å². The van der Waals surface area contributed by atoms with Gasteiger partial charge in [0.25, 0.3) is 0 Å². The summed E-state index contributed by atoms with van der Waals surface area (Å²) in [7, 11) is 0. The number of hydrogen-bond donors (Lipinski definition) is 1. The summed E-state index contributed by atoms with van der Waals surface area (Å²) < 4.78 is 0. The lowest BCUT2D eigenvalue weighted by Gasteiger charge is -2.52. The van der Waals surface area contributed by atoms with E-state index >= 15 is 0 Å². The molecule has 0 aromatic rings. The smallest absolute Gasteiger partial charge is 0.0437 e. The first-order chi connectivity index (χ1) is 7.92. The van der Waals surface area contributed by atoms with Gasteiger partial charge in [0.05, 0.1) is 0 Å². The molecule has 1 nitrogen and oxygen atoms in total. The molecule has 0 aromatic carbocycles. The Bertz CT molecular complexity index is 362. The van der Waals surface area contributed by atoms with Gasteiger partial charge in [0.1, 0.15) is 0 Å². The van der Waals surface area contributed by atoms with Crippen LogP contribution in [0.3, 0.4) is 0 Å². The van der Waals surface area contributed by atoms with Crippen LogP contribution in [0.4, 0.5) is 0 Å². The van der Waals surface area contributed by atoms with Crippen molar-refractivity contribution in [3.63, 3.8) is 0 Å². The molecule has 0 amide bonds. The highest BCUT2D eigenvalue weighted by molar-refractivity contribution is 5.37. The molecular formula is C16H26O. The molecule has 0 heterocycles. The normalized spacial score (nSPS) is 35.9. The monoisotopic (exact) mass is 234 g/mol. The van der Waals surface area contributed by atoms with Crippen LogP contribution in [0.1, 0.15) is 53.4 Å². The van der Waals surface area contributed by atoms with Gasteiger partial charge in [-0.3, -0.25) is 0 Å². The zero-order valence-electron chi connectivity index (χ0n) is 11.7. The van der Waals surface area contributed by atoms with E-state index in [1.807, 2.05) is 0 Å². The third-order valence-electron chi connectivity index (χ3n) is 5.09. The number of fused-ring (bicyclic) bond motifs is 1. The molecule has 0 radical (unpaired) electrons. The molecule has 1 N–H and O–H groups in total. The van der Waals surface area contributed by atoms with Crippen molar-refractivity contribution >= 4 is 0 Å². The number of hydrogen-bond acceptors (Lipinski definition) is 1. The molecule has 17 heavy (non-hydrogen) atoms. The third-order valence-corrected chi connectivity index (χ3v) is 5.09. The van der Waals surface area contributed by atoms with Crippen LogP contribution in [0, 0.1) is 16.7 Å². The molecule has 2 aliphatic carbocycles. The summed E-state index contributed by atoms with van der Waals surface area (Å²) in [5, 5.41) is 9.32. The van der Waals surface area contributed by atoms with Gasteiger partial charge in [-0.25, -0.2) is 0 Å². The second-order valence-electron chi connectivity index (χ2n) is 6.71. The first-order valence-electron chi connectivity index (χ1n) is 6.92. The van der Waals surface area contributed by atoms with E-state index in [-0.39, 0.29) is 5.41 Å². The van der Waals surface area contributed by atoms with Gasteiger partial charge >= 0.3 is 0 Å². The summed E-state index contributed by atoms with van der Waals surface area (Å²) in [6.07, 6.45) is 9.44. The fourth-order valence-electron chi connectivity index (χ4n) is 4.23. The van der Waals surface area contributed by atoms with Gasteiger partial charge < -0.3 is 5.11 Å². The Morgan fingerprint density at radius 2 is 1.94 bits per heavy atom. The zero-order valence-corrected chi connectivity index (χ0v) is 11.7. The van der Waals surface area contributed by atoms with Crippen molar-refractivity contribution in [3.05, 3.63) is 23.3 Å². The van der Waals surface area contributed by atoms with Crippen molar-refractivity contribution < 1.29 is 5.11 Å². The molecular weight excluding hydrogens is 208 g/mol. The van der Waals surface area contributed by atoms with Crippen LogP contribution in [0.2, 0.25) is 0 Å². The van der Waals surface area contributed by atoms with Gasteiger partial charge in [0.15, 0.2) is 0 Å². The maximum atomic E-state index is 9.32. The average molecular weight is 234 g/mol. The summed E-state index contributed by atoms with van der Waals surface area (Å²) in [4.78, 5) is 0. The Balaban J connectivity index is 2.43. The fraction of sp³-hybridized carbons (Fsp3) is 0.750. The molecule has 0 aromatic heterocycles. The van der Waals surface area contributed by atoms with E-state index < -0.39 is 0 Å². The van der Waals surface area contributed by atoms with E-state index in [4.69, 9.17) is 0 Å². The Morgan fingerprint density at radius 3 is 2.59 bits per heavy atom. The first-order valence-corrected chi connectivity index (χ1v) is 6.92. The second kappa shape index (κ2) is 4.28. The average Bonchev–Trinajstić information content (AvgIpc) is 2.22. The van der Waals surface area contributed by atoms with E-state index in [0.29, 0.717) is 17.9 Å². The second-order valence-corrected chi connectivity index (χ2v) is 6.71. The fourth-order valence-corrected chi connectivity index (χ4v) is 4.23. The highest BCUT2D eigenvalue weighted by atomic mass is 16.3. The molecule has 2 aliphatic rings. The predicted molar refractivity (Wildman–Crippen MR) is 72.8 cm³/mol. The first kappa shape index (κ1) is 12.9. The van der Waals surface area contributed by atoms with Crippen molar-refractivity contribution in [2.24, 2.45) is 16.7 Å². The minimum Gasteiger partial charge on any atom is -0.396 e. The maximum Gasteiger partial charge on any atom is 0.0437 e. The van der Waals surface area contributed by atoms with Crippen LogP contribution in [0.15, 0.2) is 23.3 Å². The molecule has 0 bridgehead atoms. The Kier molecular flexibility index (Phi) is 3.24. The number of rotatable bonds is 2. The van der Waals surface area contributed by atoms with Crippen LogP contribution in [0.25, 0.3) is 0 Å². The molecule has 1 saturated carbocycles. The quantitative estimate of drug-likeness (QED) is 0.763. The van der Waals surface area contributed by atoms with Crippen LogP contribution in [-0.2, 0) is 0 Å². The van der Waals surface area contributed by atoms with Crippen molar-refractivity contribution in [2.45, 2.75) is 53.4 Å². The van der Waals surface area contributed by atoms with Crippen molar-refractivity contribution in [3.8, 4) is 0 Å². The van der Waals surface area contributed by atoms with Crippen molar-refractivity contribution in [2.75, 3.05) is 6.61 Å². The molecule has 1 unspecified atom stereocenters. The van der Waals surface area contributed by atoms with Crippen molar-refractivity contribution in [1.29, 1.82) is 0 Å². The largest absolute Gasteiger partial charge is 0.396 e. The summed E-state index contributed by atoms with van der Waals surface area (Å²) in [5.74, 6) is 0.534. The lowest BCUT2D eigenvalue weighted by molar-refractivity contribution is 0.120. The van der Waals surface area contributed by atoms with Crippen molar-refractivity contribution in [1.82, 2.24) is 0 Å². The summed E-state index contributed by atoms with van der Waals surface area (Å²) in [6.45, 7) is 9.69. The van der Waals surface area contributed by atoms with Crippen LogP contribution >= 0.6 is 0 Å². The number of aliphatic hydroxyl groups is 1. The lowest BCUT2D eigenvalue weighted by atomic mass is 9.53. The molecule has 2 atom stereocenters. The van der Waals surface area contributed by atoms with Gasteiger partial charge in [-0.2, -0.15) is 0 Å². The Morgan fingerprint density at radius 1 is 1.24 bits per heavy atom. The topological polar surface area (TPSA) is 20.2 Å². The standard InChI is InChI=1S/C16H26O/c1-12-6-7-14-15(2,3)9-5-10-16(14,4)13(12)8-11-17/h6-7,13,17H,5,8-11H2,1-4H3/t13?,16-/m1/s1. The predicted octanol–water partition coefficient (Wildman–Crippen LogP) is 4.09. The number of aliphatic hydroxyl groups excluding tert-OH is 1. The molecule has 1 fully saturated rings. The minimum absolute atomic E-state index is 0.281. The minimum atomic E-state index is 0.281. The molecule has 0 spiro atoms. The van der Waals surface area contributed by atoms with E-state index in [2.05, 4.69) is 39.8 Å². The molecule has 0 saturated heterocycles. The summed E-state index contributed by atoms with van der Waals surface area (Å²) >= 11 is 0. The van der Waals surface area contributed by atoms with Gasteiger partial charge in [0, 0.05) is 6.61 Å². The maximum absolute atomic E-state index is 9.32. The van der Waals surface area contributed by atoms with E-state index in [1.54, 1.807) is 5.57 Å². The molecule has 1 heteroatoms. The third kappa shape index (κ3) is 1.99. The van der Waals surface area contributed by atoms with Crippen LogP contribution < -0.4 is 0 Å². The Hall–Kier alpha value is -0.560.